The van der Waals surface area contributed by atoms with Gasteiger partial charge in [-0.15, -0.1) is 0 Å². The van der Waals surface area contributed by atoms with Crippen molar-refractivity contribution in [1.29, 1.82) is 0 Å². The minimum Gasteiger partial charge on any atom is -0.384 e. The second-order valence-corrected chi connectivity index (χ2v) is 4.47. The molecule has 0 atom stereocenters. The fourth-order valence-corrected chi connectivity index (χ4v) is 1.61. The van der Waals surface area contributed by atoms with Crippen molar-refractivity contribution >= 4 is 17.4 Å². The summed E-state index contributed by atoms with van der Waals surface area (Å²) in [4.78, 5) is 0. The van der Waals surface area contributed by atoms with E-state index in [1.807, 2.05) is 30.3 Å². The molecule has 16 heavy (non-hydrogen) atoms. The molecule has 2 rings (SSSR count). The van der Waals surface area contributed by atoms with E-state index < -0.39 is 0 Å². The van der Waals surface area contributed by atoms with Crippen molar-refractivity contribution in [3.05, 3.63) is 41.0 Å². The number of hydrogen-bond acceptors (Lipinski definition) is 2. The van der Waals surface area contributed by atoms with Gasteiger partial charge in [0.25, 0.3) is 0 Å². The van der Waals surface area contributed by atoms with Crippen molar-refractivity contribution < 1.29 is 0 Å². The lowest BCUT2D eigenvalue weighted by Gasteiger charge is -2.03. The average Bonchev–Trinajstić information content (AvgIpc) is 2.62. The lowest BCUT2D eigenvalue weighted by molar-refractivity contribution is 0.771. The first-order chi connectivity index (χ1) is 7.58. The molecule has 0 saturated heterocycles. The SMILES string of the molecule is CC(C)c1cc(N)n(-c2ccc(Cl)cc2)n1. The molecule has 0 aliphatic carbocycles. The Kier molecular flexibility index (Phi) is 2.88. The Morgan fingerprint density at radius 3 is 2.38 bits per heavy atom. The van der Waals surface area contributed by atoms with Gasteiger partial charge < -0.3 is 5.73 Å². The zero-order chi connectivity index (χ0) is 11.7. The largest absolute Gasteiger partial charge is 0.384 e. The predicted molar refractivity (Wildman–Crippen MR) is 67.1 cm³/mol. The number of nitrogens with two attached hydrogens (primary N) is 1. The van der Waals surface area contributed by atoms with Gasteiger partial charge in [-0.05, 0) is 30.2 Å². The molecule has 0 unspecified atom stereocenters. The molecule has 4 heteroatoms. The number of anilines is 1. The maximum absolute atomic E-state index is 5.92. The summed E-state index contributed by atoms with van der Waals surface area (Å²) in [5.74, 6) is 1.02. The minimum atomic E-state index is 0.371. The normalized spacial score (nSPS) is 11.0. The Morgan fingerprint density at radius 1 is 1.25 bits per heavy atom. The third kappa shape index (κ3) is 2.04. The highest BCUT2D eigenvalue weighted by molar-refractivity contribution is 6.30. The van der Waals surface area contributed by atoms with Gasteiger partial charge in [-0.25, -0.2) is 4.68 Å². The topological polar surface area (TPSA) is 43.8 Å². The molecule has 2 N–H and O–H groups in total. The van der Waals surface area contributed by atoms with Crippen LogP contribution in [0, 0.1) is 0 Å². The van der Waals surface area contributed by atoms with Crippen molar-refractivity contribution in [2.24, 2.45) is 0 Å². The van der Waals surface area contributed by atoms with Gasteiger partial charge >= 0.3 is 0 Å². The summed E-state index contributed by atoms with van der Waals surface area (Å²) in [7, 11) is 0. The van der Waals surface area contributed by atoms with Gasteiger partial charge in [0.2, 0.25) is 0 Å². The number of aromatic nitrogens is 2. The molecule has 1 aromatic heterocycles. The van der Waals surface area contributed by atoms with E-state index in [4.69, 9.17) is 17.3 Å². The molecular weight excluding hydrogens is 222 g/mol. The molecule has 0 saturated carbocycles. The number of benzene rings is 1. The Labute approximate surface area is 99.8 Å². The van der Waals surface area contributed by atoms with Gasteiger partial charge in [0, 0.05) is 11.1 Å². The van der Waals surface area contributed by atoms with Crippen LogP contribution in [0.1, 0.15) is 25.5 Å². The molecule has 2 aromatic rings. The van der Waals surface area contributed by atoms with E-state index >= 15 is 0 Å². The molecular formula is C12H14ClN3. The lowest BCUT2D eigenvalue weighted by Crippen LogP contribution is -2.01. The van der Waals surface area contributed by atoms with Crippen molar-refractivity contribution in [2.75, 3.05) is 5.73 Å². The van der Waals surface area contributed by atoms with Crippen LogP contribution in [0.25, 0.3) is 5.69 Å². The second-order valence-electron chi connectivity index (χ2n) is 4.04. The van der Waals surface area contributed by atoms with Crippen LogP contribution in [0.5, 0.6) is 0 Å². The molecule has 0 bridgehead atoms. The van der Waals surface area contributed by atoms with Gasteiger partial charge in [-0.3, -0.25) is 0 Å². The van der Waals surface area contributed by atoms with Gasteiger partial charge in [0.05, 0.1) is 11.4 Å². The highest BCUT2D eigenvalue weighted by Gasteiger charge is 2.09. The van der Waals surface area contributed by atoms with E-state index in [1.54, 1.807) is 4.68 Å². The molecule has 0 aliphatic heterocycles. The summed E-state index contributed by atoms with van der Waals surface area (Å²) in [5, 5.41) is 5.16. The fourth-order valence-electron chi connectivity index (χ4n) is 1.49. The van der Waals surface area contributed by atoms with E-state index in [9.17, 15) is 0 Å². The van der Waals surface area contributed by atoms with Crippen LogP contribution in [0.4, 0.5) is 5.82 Å². The summed E-state index contributed by atoms with van der Waals surface area (Å²) >= 11 is 5.83. The van der Waals surface area contributed by atoms with E-state index in [-0.39, 0.29) is 0 Å². The van der Waals surface area contributed by atoms with Crippen LogP contribution in [-0.4, -0.2) is 9.78 Å². The van der Waals surface area contributed by atoms with Gasteiger partial charge in [0.15, 0.2) is 0 Å². The van der Waals surface area contributed by atoms with Crippen molar-refractivity contribution in [2.45, 2.75) is 19.8 Å². The van der Waals surface area contributed by atoms with Gasteiger partial charge in [0.1, 0.15) is 5.82 Å². The molecule has 0 aliphatic rings. The maximum Gasteiger partial charge on any atom is 0.127 e. The first kappa shape index (κ1) is 11.0. The third-order valence-corrected chi connectivity index (χ3v) is 2.67. The molecule has 1 heterocycles. The Morgan fingerprint density at radius 2 is 1.88 bits per heavy atom. The lowest BCUT2D eigenvalue weighted by atomic mass is 10.1. The number of hydrogen-bond donors (Lipinski definition) is 1. The van der Waals surface area contributed by atoms with Crippen molar-refractivity contribution in [3.8, 4) is 5.69 Å². The Hall–Kier alpha value is -1.48. The van der Waals surface area contributed by atoms with E-state index in [2.05, 4.69) is 18.9 Å². The predicted octanol–water partition coefficient (Wildman–Crippen LogP) is 3.23. The third-order valence-electron chi connectivity index (χ3n) is 2.42. The minimum absolute atomic E-state index is 0.371. The Bertz CT molecular complexity index is 485. The first-order valence-electron chi connectivity index (χ1n) is 5.19. The molecule has 1 aromatic carbocycles. The first-order valence-corrected chi connectivity index (χ1v) is 5.57. The standard InChI is InChI=1S/C12H14ClN3/c1-8(2)11-7-12(14)16(15-11)10-5-3-9(13)4-6-10/h3-8H,14H2,1-2H3. The number of rotatable bonds is 2. The smallest absolute Gasteiger partial charge is 0.127 e. The van der Waals surface area contributed by atoms with E-state index in [0.29, 0.717) is 16.8 Å². The Balaban J connectivity index is 2.44. The number of halogens is 1. The molecule has 0 fully saturated rings. The number of nitrogens with zero attached hydrogens (tertiary/aromatic N) is 2. The molecule has 0 radical (unpaired) electrons. The van der Waals surface area contributed by atoms with Crippen molar-refractivity contribution in [3.63, 3.8) is 0 Å². The quantitative estimate of drug-likeness (QED) is 0.869. The zero-order valence-corrected chi connectivity index (χ0v) is 10.1. The zero-order valence-electron chi connectivity index (χ0n) is 9.31. The van der Waals surface area contributed by atoms with Crippen LogP contribution >= 0.6 is 11.6 Å². The average molecular weight is 236 g/mol. The summed E-state index contributed by atoms with van der Waals surface area (Å²) in [6.07, 6.45) is 0. The van der Waals surface area contributed by atoms with Crippen LogP contribution in [0.3, 0.4) is 0 Å². The number of nitrogen functional groups attached to an aromatic ring is 1. The molecule has 0 amide bonds. The molecule has 3 nitrogen and oxygen atoms in total. The molecule has 0 spiro atoms. The monoisotopic (exact) mass is 235 g/mol. The van der Waals surface area contributed by atoms with Crippen LogP contribution in [-0.2, 0) is 0 Å². The van der Waals surface area contributed by atoms with E-state index in [0.717, 1.165) is 11.4 Å². The van der Waals surface area contributed by atoms with E-state index in [1.165, 1.54) is 0 Å². The van der Waals surface area contributed by atoms with Crippen molar-refractivity contribution in [1.82, 2.24) is 9.78 Å². The van der Waals surface area contributed by atoms with Crippen LogP contribution in [0.15, 0.2) is 30.3 Å². The summed E-state index contributed by atoms with van der Waals surface area (Å²) < 4.78 is 1.73. The highest BCUT2D eigenvalue weighted by atomic mass is 35.5. The highest BCUT2D eigenvalue weighted by Crippen LogP contribution is 2.20. The van der Waals surface area contributed by atoms with Gasteiger partial charge in [-0.2, -0.15) is 5.10 Å². The molecule has 84 valence electrons. The summed E-state index contributed by atoms with van der Waals surface area (Å²) in [6, 6.07) is 9.35. The van der Waals surface area contributed by atoms with Crippen LogP contribution in [0.2, 0.25) is 5.02 Å². The maximum atomic E-state index is 5.92. The van der Waals surface area contributed by atoms with Gasteiger partial charge in [-0.1, -0.05) is 25.4 Å². The summed E-state index contributed by atoms with van der Waals surface area (Å²) in [5.41, 5.74) is 7.83. The second kappa shape index (κ2) is 4.18. The van der Waals surface area contributed by atoms with Crippen LogP contribution < -0.4 is 5.73 Å². The fraction of sp³-hybridized carbons (Fsp3) is 0.250. The summed E-state index contributed by atoms with van der Waals surface area (Å²) in [6.45, 7) is 4.18.